The first-order valence-corrected chi connectivity index (χ1v) is 1.50. The van der Waals surface area contributed by atoms with Crippen molar-refractivity contribution in [2.45, 2.75) is 12.8 Å². The molecule has 5 heavy (non-hydrogen) atoms. The van der Waals surface area contributed by atoms with Gasteiger partial charge in [0.15, 0.2) is 0 Å². The third kappa shape index (κ3) is 11.2. The number of unbranched alkanes of at least 4 members (excludes halogenated alkanes) is 1. The summed E-state index contributed by atoms with van der Waals surface area (Å²) >= 11 is 0. The van der Waals surface area contributed by atoms with Gasteiger partial charge in [-0.25, -0.2) is 12.8 Å². The third-order valence-electron chi connectivity index (χ3n) is 0.250. The van der Waals surface area contributed by atoms with Gasteiger partial charge >= 0.3 is 31.1 Å². The molecule has 0 aliphatic heterocycles. The summed E-state index contributed by atoms with van der Waals surface area (Å²) in [5, 5.41) is 0. The average molecular weight is 294 g/mol. The molecule has 0 radical (unpaired) electrons. The van der Waals surface area contributed by atoms with Crippen LogP contribution < -0.4 is 0 Å². The fraction of sp³-hybridized carbons (Fsp3) is 0.500. The maximum atomic E-state index is 3.54. The molecule has 0 aromatic carbocycles. The molecule has 0 saturated heterocycles. The molecule has 0 aliphatic carbocycles. The molecular formula is C4H8U. The predicted molar refractivity (Wildman–Crippen MR) is 19.9 cm³/mol. The monoisotopic (exact) mass is 294 g/mol. The SMILES string of the molecule is [CH2-]CC[CH2-].[U+2]. The minimum absolute atomic E-state index is 0. The standard InChI is InChI=1S/C4H8.U/c1-3-4-2;/h1-4H2;/q-2;+2. The van der Waals surface area contributed by atoms with Crippen molar-refractivity contribution in [3.63, 3.8) is 0 Å². The molecule has 0 unspecified atom stereocenters. The first-order valence-electron chi connectivity index (χ1n) is 1.50. The zero-order chi connectivity index (χ0) is 3.41. The Labute approximate surface area is 57.7 Å². The van der Waals surface area contributed by atoms with Crippen LogP contribution in [-0.4, -0.2) is 0 Å². The smallest absolute Gasteiger partial charge is 0.346 e. The van der Waals surface area contributed by atoms with E-state index in [2.05, 4.69) is 13.8 Å². The van der Waals surface area contributed by atoms with E-state index in [-0.39, 0.29) is 31.1 Å². The van der Waals surface area contributed by atoms with Crippen LogP contribution in [0.15, 0.2) is 0 Å². The topological polar surface area (TPSA) is 0 Å². The molecule has 0 aromatic heterocycles. The van der Waals surface area contributed by atoms with Crippen molar-refractivity contribution in [3.8, 4) is 0 Å². The first kappa shape index (κ1) is 9.41. The van der Waals surface area contributed by atoms with Crippen molar-refractivity contribution in [3.05, 3.63) is 13.8 Å². The molecule has 0 rings (SSSR count). The summed E-state index contributed by atoms with van der Waals surface area (Å²) in [6, 6.07) is 0. The zero-order valence-electron chi connectivity index (χ0n) is 3.33. The Kier molecular flexibility index (Phi) is 16.8. The van der Waals surface area contributed by atoms with Crippen LogP contribution in [0.4, 0.5) is 0 Å². The van der Waals surface area contributed by atoms with Gasteiger partial charge in [-0.1, -0.05) is 0 Å². The normalized spacial score (nSPS) is 6.00. The van der Waals surface area contributed by atoms with Crippen LogP contribution in [0.1, 0.15) is 12.8 Å². The van der Waals surface area contributed by atoms with Crippen molar-refractivity contribution in [2.24, 2.45) is 0 Å². The van der Waals surface area contributed by atoms with E-state index in [1.165, 1.54) is 0 Å². The van der Waals surface area contributed by atoms with Gasteiger partial charge < -0.3 is 13.8 Å². The molecule has 1 heteroatoms. The minimum Gasteiger partial charge on any atom is -0.346 e. The summed E-state index contributed by atoms with van der Waals surface area (Å²) in [4.78, 5) is 0. The second kappa shape index (κ2) is 8.90. The fourth-order valence-electron chi connectivity index (χ4n) is 0. The Morgan fingerprint density at radius 3 is 1.20 bits per heavy atom. The number of hydrogen-bond donors (Lipinski definition) is 0. The van der Waals surface area contributed by atoms with E-state index in [1.807, 2.05) is 0 Å². The van der Waals surface area contributed by atoms with Gasteiger partial charge in [0, 0.05) is 0 Å². The minimum atomic E-state index is 0. The van der Waals surface area contributed by atoms with Gasteiger partial charge in [0.25, 0.3) is 0 Å². The maximum absolute atomic E-state index is 3.54. The van der Waals surface area contributed by atoms with Gasteiger partial charge in [-0.05, 0) is 0 Å². The molecule has 28 valence electrons. The van der Waals surface area contributed by atoms with Crippen LogP contribution in [0, 0.1) is 45.0 Å². The van der Waals surface area contributed by atoms with Gasteiger partial charge in [0.05, 0.1) is 0 Å². The van der Waals surface area contributed by atoms with E-state index in [4.69, 9.17) is 0 Å². The van der Waals surface area contributed by atoms with Crippen LogP contribution in [0.25, 0.3) is 0 Å². The number of rotatable bonds is 1. The third-order valence-corrected chi connectivity index (χ3v) is 0.250. The zero-order valence-corrected chi connectivity index (χ0v) is 7.49. The molecule has 0 fully saturated rings. The van der Waals surface area contributed by atoms with Crippen molar-refractivity contribution < 1.29 is 31.1 Å². The summed E-state index contributed by atoms with van der Waals surface area (Å²) in [6.45, 7) is 7.08. The Bertz CT molecular complexity index is 5.61. The van der Waals surface area contributed by atoms with Crippen LogP contribution >= 0.6 is 0 Å². The summed E-state index contributed by atoms with van der Waals surface area (Å²) in [6.07, 6.45) is 1.92. The Morgan fingerprint density at radius 2 is 1.20 bits per heavy atom. The van der Waals surface area contributed by atoms with Gasteiger partial charge in [-0.2, -0.15) is 0 Å². The quantitative estimate of drug-likeness (QED) is 0.642. The van der Waals surface area contributed by atoms with Crippen molar-refractivity contribution in [2.75, 3.05) is 0 Å². The largest absolute Gasteiger partial charge is 2.00 e. The Hall–Kier alpha value is 1.05. The molecule has 0 bridgehead atoms. The summed E-state index contributed by atoms with van der Waals surface area (Å²) in [5.41, 5.74) is 0. The molecule has 0 aliphatic rings. The van der Waals surface area contributed by atoms with Gasteiger partial charge in [-0.15, -0.1) is 0 Å². The molecule has 0 amide bonds. The van der Waals surface area contributed by atoms with Crippen LogP contribution in [0.5, 0.6) is 0 Å². The average Bonchev–Trinajstić information content (AvgIpc) is 1.37. The van der Waals surface area contributed by atoms with E-state index in [1.54, 1.807) is 0 Å². The molecule has 0 N–H and O–H groups in total. The van der Waals surface area contributed by atoms with Gasteiger partial charge in [-0.3, -0.25) is 0 Å². The molecule has 0 nitrogen and oxygen atoms in total. The molecule has 0 spiro atoms. The van der Waals surface area contributed by atoms with Crippen LogP contribution in [-0.2, 0) is 0 Å². The second-order valence-electron chi connectivity index (χ2n) is 0.707. The van der Waals surface area contributed by atoms with E-state index in [9.17, 15) is 0 Å². The second-order valence-corrected chi connectivity index (χ2v) is 0.707. The summed E-state index contributed by atoms with van der Waals surface area (Å²) in [7, 11) is 0. The molecule has 0 saturated carbocycles. The molecule has 0 heterocycles. The van der Waals surface area contributed by atoms with Crippen molar-refractivity contribution in [1.82, 2.24) is 0 Å². The van der Waals surface area contributed by atoms with Crippen LogP contribution in [0.3, 0.4) is 0 Å². The fourth-order valence-corrected chi connectivity index (χ4v) is 0. The Morgan fingerprint density at radius 1 is 1.00 bits per heavy atom. The number of hydrogen-bond acceptors (Lipinski definition) is 0. The van der Waals surface area contributed by atoms with E-state index < -0.39 is 0 Å². The summed E-state index contributed by atoms with van der Waals surface area (Å²) < 4.78 is 0. The first-order chi connectivity index (χ1) is 1.91. The summed E-state index contributed by atoms with van der Waals surface area (Å²) in [5.74, 6) is 0. The van der Waals surface area contributed by atoms with E-state index >= 15 is 0 Å². The molecule has 0 aromatic rings. The van der Waals surface area contributed by atoms with E-state index in [0.29, 0.717) is 0 Å². The predicted octanol–water partition coefficient (Wildman–Crippen LogP) is 1.43. The maximum Gasteiger partial charge on any atom is 2.00 e. The van der Waals surface area contributed by atoms with E-state index in [0.717, 1.165) is 12.8 Å². The molecular weight excluding hydrogens is 286 g/mol. The van der Waals surface area contributed by atoms with Crippen molar-refractivity contribution >= 4 is 0 Å². The Balaban J connectivity index is 0. The van der Waals surface area contributed by atoms with Crippen molar-refractivity contribution in [1.29, 1.82) is 0 Å². The van der Waals surface area contributed by atoms with Crippen LogP contribution in [0.2, 0.25) is 0 Å². The molecule has 0 atom stereocenters. The van der Waals surface area contributed by atoms with Gasteiger partial charge in [0.2, 0.25) is 0 Å². The van der Waals surface area contributed by atoms with Gasteiger partial charge in [0.1, 0.15) is 0 Å².